The summed E-state index contributed by atoms with van der Waals surface area (Å²) in [6.07, 6.45) is 5.44. The molecule has 1 amide bonds. The molecule has 1 fully saturated rings. The van der Waals surface area contributed by atoms with Gasteiger partial charge in [-0.05, 0) is 18.6 Å². The monoisotopic (exact) mass is 348 g/mol. The number of nitrogens with zero attached hydrogens (tertiary/aromatic N) is 4. The van der Waals surface area contributed by atoms with E-state index in [4.69, 9.17) is 0 Å². The number of fused-ring (bicyclic) bond motifs is 1. The molecule has 3 rings (SSSR count). The van der Waals surface area contributed by atoms with E-state index in [1.165, 1.54) is 10.5 Å². The predicted molar refractivity (Wildman–Crippen MR) is 91.1 cm³/mol. The molecule has 2 aromatic rings. The van der Waals surface area contributed by atoms with Crippen LogP contribution in [0.15, 0.2) is 30.7 Å². The van der Waals surface area contributed by atoms with Crippen LogP contribution < -0.4 is 0 Å². The molecule has 1 aliphatic heterocycles. The van der Waals surface area contributed by atoms with E-state index >= 15 is 0 Å². The molecule has 0 radical (unpaired) electrons. The summed E-state index contributed by atoms with van der Waals surface area (Å²) in [4.78, 5) is 22.8. The van der Waals surface area contributed by atoms with Crippen LogP contribution in [0.1, 0.15) is 23.7 Å². The predicted octanol–water partition coefficient (Wildman–Crippen LogP) is 1.13. The van der Waals surface area contributed by atoms with Crippen LogP contribution in [0.25, 0.3) is 10.9 Å². The van der Waals surface area contributed by atoms with Gasteiger partial charge >= 0.3 is 0 Å². The van der Waals surface area contributed by atoms with Crippen molar-refractivity contribution >= 4 is 26.8 Å². The third-order valence-corrected chi connectivity index (χ3v) is 6.20. The van der Waals surface area contributed by atoms with Gasteiger partial charge < -0.3 is 4.90 Å². The van der Waals surface area contributed by atoms with Gasteiger partial charge in [0, 0.05) is 50.2 Å². The van der Waals surface area contributed by atoms with E-state index in [1.54, 1.807) is 23.4 Å². The molecule has 0 N–H and O–H groups in total. The number of carbonyl (C=O) groups excluding carboxylic acids is 1. The molecule has 8 heteroatoms. The molecular formula is C16H20N4O3S. The van der Waals surface area contributed by atoms with Crippen LogP contribution in [0.4, 0.5) is 0 Å². The Balaban J connectivity index is 1.76. The Morgan fingerprint density at radius 3 is 2.67 bits per heavy atom. The number of pyridine rings is 2. The first-order valence-electron chi connectivity index (χ1n) is 7.99. The second-order valence-corrected chi connectivity index (χ2v) is 7.86. The molecule has 0 aromatic carbocycles. The molecule has 0 atom stereocenters. The molecule has 1 aliphatic rings. The van der Waals surface area contributed by atoms with Gasteiger partial charge in [-0.3, -0.25) is 14.8 Å². The molecule has 24 heavy (non-hydrogen) atoms. The smallest absolute Gasteiger partial charge is 0.257 e. The number of carbonyl (C=O) groups is 1. The fourth-order valence-corrected chi connectivity index (χ4v) is 4.38. The van der Waals surface area contributed by atoms with E-state index in [1.807, 2.05) is 13.0 Å². The van der Waals surface area contributed by atoms with E-state index in [0.29, 0.717) is 43.7 Å². The Labute approximate surface area is 141 Å². The molecular weight excluding hydrogens is 328 g/mol. The van der Waals surface area contributed by atoms with Crippen LogP contribution in [0.5, 0.6) is 0 Å². The zero-order chi connectivity index (χ0) is 17.2. The Kier molecular flexibility index (Phi) is 4.77. The molecule has 0 spiro atoms. The molecule has 0 unspecified atom stereocenters. The highest BCUT2D eigenvalue weighted by molar-refractivity contribution is 7.89. The van der Waals surface area contributed by atoms with Crippen LogP contribution in [-0.2, 0) is 10.0 Å². The summed E-state index contributed by atoms with van der Waals surface area (Å²) < 4.78 is 25.7. The highest BCUT2D eigenvalue weighted by atomic mass is 32.2. The van der Waals surface area contributed by atoms with Crippen LogP contribution in [-0.4, -0.2) is 65.4 Å². The second kappa shape index (κ2) is 6.82. The first-order valence-corrected chi connectivity index (χ1v) is 9.59. The first kappa shape index (κ1) is 16.8. The van der Waals surface area contributed by atoms with Crippen LogP contribution in [0.2, 0.25) is 0 Å². The zero-order valence-electron chi connectivity index (χ0n) is 13.6. The van der Waals surface area contributed by atoms with E-state index in [9.17, 15) is 13.2 Å². The molecule has 7 nitrogen and oxygen atoms in total. The number of piperazine rings is 1. The number of hydrogen-bond acceptors (Lipinski definition) is 5. The summed E-state index contributed by atoms with van der Waals surface area (Å²) in [7, 11) is -3.21. The van der Waals surface area contributed by atoms with Gasteiger partial charge in [-0.2, -0.15) is 4.31 Å². The maximum absolute atomic E-state index is 12.8. The summed E-state index contributed by atoms with van der Waals surface area (Å²) in [6, 6.07) is 3.66. The Morgan fingerprint density at radius 2 is 1.96 bits per heavy atom. The third kappa shape index (κ3) is 3.25. The van der Waals surface area contributed by atoms with E-state index in [0.717, 1.165) is 5.39 Å². The van der Waals surface area contributed by atoms with Crippen molar-refractivity contribution in [3.63, 3.8) is 0 Å². The van der Waals surface area contributed by atoms with Crippen LogP contribution in [0, 0.1) is 0 Å². The minimum Gasteiger partial charge on any atom is -0.336 e. The van der Waals surface area contributed by atoms with Crippen molar-refractivity contribution in [1.82, 2.24) is 19.2 Å². The molecule has 128 valence electrons. The van der Waals surface area contributed by atoms with Crippen molar-refractivity contribution in [2.75, 3.05) is 31.9 Å². The largest absolute Gasteiger partial charge is 0.336 e. The minimum absolute atomic E-state index is 0.151. The molecule has 0 aliphatic carbocycles. The van der Waals surface area contributed by atoms with Crippen molar-refractivity contribution in [1.29, 1.82) is 0 Å². The van der Waals surface area contributed by atoms with Crippen molar-refractivity contribution in [3.8, 4) is 0 Å². The zero-order valence-corrected chi connectivity index (χ0v) is 14.4. The summed E-state index contributed by atoms with van der Waals surface area (Å²) in [5.41, 5.74) is 1.08. The van der Waals surface area contributed by atoms with Gasteiger partial charge in [0.05, 0.1) is 16.8 Å². The topological polar surface area (TPSA) is 83.5 Å². The van der Waals surface area contributed by atoms with Gasteiger partial charge in [0.2, 0.25) is 10.0 Å². The van der Waals surface area contributed by atoms with Crippen LogP contribution >= 0.6 is 0 Å². The van der Waals surface area contributed by atoms with Gasteiger partial charge in [-0.15, -0.1) is 0 Å². The average Bonchev–Trinajstić information content (AvgIpc) is 2.61. The minimum atomic E-state index is -3.21. The lowest BCUT2D eigenvalue weighted by Gasteiger charge is -2.34. The van der Waals surface area contributed by atoms with Crippen LogP contribution in [0.3, 0.4) is 0 Å². The molecule has 0 bridgehead atoms. The standard InChI is InChI=1S/C16H20N4O3S/c1-2-10-24(22,23)20-8-6-19(7-9-20)16(21)14-12-17-11-13-4-3-5-18-15(13)14/h3-5,11-12H,2,6-10H2,1H3. The molecule has 0 saturated carbocycles. The Bertz CT molecular complexity index is 840. The maximum atomic E-state index is 12.8. The average molecular weight is 348 g/mol. The number of rotatable bonds is 4. The summed E-state index contributed by atoms with van der Waals surface area (Å²) in [5, 5.41) is 0.813. The molecule has 3 heterocycles. The molecule has 2 aromatic heterocycles. The fourth-order valence-electron chi connectivity index (χ4n) is 2.88. The summed E-state index contributed by atoms with van der Waals surface area (Å²) in [6.45, 7) is 3.27. The quantitative estimate of drug-likeness (QED) is 0.827. The molecule has 1 saturated heterocycles. The maximum Gasteiger partial charge on any atom is 0.257 e. The Morgan fingerprint density at radius 1 is 1.21 bits per heavy atom. The normalized spacial score (nSPS) is 16.5. The number of amides is 1. The van der Waals surface area contributed by atoms with Gasteiger partial charge in [0.1, 0.15) is 0 Å². The number of sulfonamides is 1. The fraction of sp³-hybridized carbons (Fsp3) is 0.438. The summed E-state index contributed by atoms with van der Waals surface area (Å²) >= 11 is 0. The highest BCUT2D eigenvalue weighted by Gasteiger charge is 2.29. The van der Waals surface area contributed by atoms with Crippen molar-refractivity contribution in [3.05, 3.63) is 36.3 Å². The van der Waals surface area contributed by atoms with Crippen molar-refractivity contribution < 1.29 is 13.2 Å². The van der Waals surface area contributed by atoms with E-state index in [-0.39, 0.29) is 11.7 Å². The lowest BCUT2D eigenvalue weighted by molar-refractivity contribution is 0.0699. The van der Waals surface area contributed by atoms with E-state index in [2.05, 4.69) is 9.97 Å². The summed E-state index contributed by atoms with van der Waals surface area (Å²) in [5.74, 6) is -0.00249. The lowest BCUT2D eigenvalue weighted by atomic mass is 10.1. The third-order valence-electron chi connectivity index (χ3n) is 4.12. The number of aromatic nitrogens is 2. The first-order chi connectivity index (χ1) is 11.5. The van der Waals surface area contributed by atoms with E-state index < -0.39 is 10.0 Å². The lowest BCUT2D eigenvalue weighted by Crippen LogP contribution is -2.51. The van der Waals surface area contributed by atoms with Gasteiger partial charge in [-0.25, -0.2) is 8.42 Å². The van der Waals surface area contributed by atoms with Crippen molar-refractivity contribution in [2.24, 2.45) is 0 Å². The van der Waals surface area contributed by atoms with Crippen molar-refractivity contribution in [2.45, 2.75) is 13.3 Å². The SMILES string of the molecule is CCCS(=O)(=O)N1CCN(C(=O)c2cncc3cccnc23)CC1. The highest BCUT2D eigenvalue weighted by Crippen LogP contribution is 2.18. The number of hydrogen-bond donors (Lipinski definition) is 0. The van der Waals surface area contributed by atoms with Gasteiger partial charge in [-0.1, -0.05) is 6.92 Å². The van der Waals surface area contributed by atoms with Gasteiger partial charge in [0.15, 0.2) is 0 Å². The Hall–Kier alpha value is -2.06. The second-order valence-electron chi connectivity index (χ2n) is 5.77. The van der Waals surface area contributed by atoms with Gasteiger partial charge in [0.25, 0.3) is 5.91 Å².